The van der Waals surface area contributed by atoms with Crippen molar-refractivity contribution in [2.75, 3.05) is 32.5 Å². The van der Waals surface area contributed by atoms with E-state index in [1.165, 1.54) is 22.6 Å². The summed E-state index contributed by atoms with van der Waals surface area (Å²) >= 11 is 1.39. The number of rotatable bonds is 3. The molecule has 0 amide bonds. The van der Waals surface area contributed by atoms with Gasteiger partial charge in [-0.25, -0.2) is 14.0 Å². The molecule has 1 aromatic carbocycles. The Balaban J connectivity index is 2.71. The number of halogens is 5. The van der Waals surface area contributed by atoms with Gasteiger partial charge in [-0.15, -0.1) is 0 Å². The Hall–Kier alpha value is -1.89. The minimum Gasteiger partial charge on any atom is -0.466 e. The van der Waals surface area contributed by atoms with E-state index in [0.29, 0.717) is 6.07 Å². The van der Waals surface area contributed by atoms with Crippen molar-refractivity contribution in [1.29, 1.82) is 0 Å². The number of anilines is 1. The standard InChI is InChI=1S/C15H12F4INO5/c1-24-13(22)8-5-26-6-21(12(8)14(23)25-2)10-4-7(16)3-9(11(10)20)15(17,18)19/h3-4H,5-6H2,1-2H3. The number of ether oxygens (including phenoxy) is 3. The molecule has 1 aliphatic rings. The van der Waals surface area contributed by atoms with Gasteiger partial charge in [0.2, 0.25) is 0 Å². The van der Waals surface area contributed by atoms with Gasteiger partial charge in [0.1, 0.15) is 18.2 Å². The molecule has 0 spiro atoms. The van der Waals surface area contributed by atoms with Crippen LogP contribution in [0.5, 0.6) is 0 Å². The van der Waals surface area contributed by atoms with Crippen molar-refractivity contribution in [3.8, 4) is 0 Å². The summed E-state index contributed by atoms with van der Waals surface area (Å²) in [5.74, 6) is -3.08. The SMILES string of the molecule is COC(=O)C1=C(C(=O)OC)N(c2cc(F)cc(C(F)(F)F)c2I)COC1. The van der Waals surface area contributed by atoms with Crippen molar-refractivity contribution in [1.82, 2.24) is 0 Å². The van der Waals surface area contributed by atoms with Gasteiger partial charge < -0.3 is 19.1 Å². The molecule has 0 aliphatic carbocycles. The Morgan fingerprint density at radius 2 is 1.81 bits per heavy atom. The number of nitrogens with zero attached hydrogens (tertiary/aromatic N) is 1. The van der Waals surface area contributed by atoms with Gasteiger partial charge in [-0.3, -0.25) is 0 Å². The third kappa shape index (κ3) is 3.92. The fraction of sp³-hybridized carbons (Fsp3) is 0.333. The Bertz CT molecular complexity index is 778. The summed E-state index contributed by atoms with van der Waals surface area (Å²) in [6, 6.07) is 1.16. The maximum Gasteiger partial charge on any atom is 0.417 e. The number of benzene rings is 1. The van der Waals surface area contributed by atoms with E-state index in [0.717, 1.165) is 25.2 Å². The maximum atomic E-state index is 13.8. The normalized spacial score (nSPS) is 15.1. The molecule has 0 radical (unpaired) electrons. The smallest absolute Gasteiger partial charge is 0.417 e. The molecule has 26 heavy (non-hydrogen) atoms. The quantitative estimate of drug-likeness (QED) is 0.370. The van der Waals surface area contributed by atoms with Gasteiger partial charge in [0.25, 0.3) is 0 Å². The highest BCUT2D eigenvalue weighted by Crippen LogP contribution is 2.39. The molecule has 0 unspecified atom stereocenters. The van der Waals surface area contributed by atoms with Crippen molar-refractivity contribution in [3.63, 3.8) is 0 Å². The molecule has 1 heterocycles. The lowest BCUT2D eigenvalue weighted by atomic mass is 10.1. The average Bonchev–Trinajstić information content (AvgIpc) is 2.60. The molecule has 6 nitrogen and oxygen atoms in total. The molecule has 142 valence electrons. The molecular formula is C15H12F4INO5. The van der Waals surface area contributed by atoms with Crippen molar-refractivity contribution in [3.05, 3.63) is 38.4 Å². The second-order valence-electron chi connectivity index (χ2n) is 5.00. The second kappa shape index (κ2) is 7.78. The Morgan fingerprint density at radius 1 is 1.19 bits per heavy atom. The van der Waals surface area contributed by atoms with Crippen LogP contribution in [-0.4, -0.2) is 39.5 Å². The lowest BCUT2D eigenvalue weighted by Gasteiger charge is -2.32. The fourth-order valence-corrected chi connectivity index (χ4v) is 3.22. The first kappa shape index (κ1) is 20.4. The lowest BCUT2D eigenvalue weighted by molar-refractivity contribution is -0.140. The highest BCUT2D eigenvalue weighted by Gasteiger charge is 2.38. The van der Waals surface area contributed by atoms with E-state index in [9.17, 15) is 27.2 Å². The zero-order valence-corrected chi connectivity index (χ0v) is 15.6. The third-order valence-corrected chi connectivity index (χ3v) is 4.58. The molecule has 0 fully saturated rings. The number of esters is 2. The summed E-state index contributed by atoms with van der Waals surface area (Å²) in [5, 5.41) is 0. The largest absolute Gasteiger partial charge is 0.466 e. The number of carbonyl (C=O) groups is 2. The second-order valence-corrected chi connectivity index (χ2v) is 6.08. The van der Waals surface area contributed by atoms with Crippen LogP contribution < -0.4 is 4.90 Å². The molecule has 0 saturated carbocycles. The molecule has 0 bridgehead atoms. The molecule has 1 aliphatic heterocycles. The summed E-state index contributed by atoms with van der Waals surface area (Å²) in [6.45, 7) is -0.701. The van der Waals surface area contributed by atoms with Crippen molar-refractivity contribution in [2.24, 2.45) is 0 Å². The summed E-state index contributed by atoms with van der Waals surface area (Å²) in [4.78, 5) is 25.0. The first-order valence-electron chi connectivity index (χ1n) is 6.93. The van der Waals surface area contributed by atoms with Crippen LogP contribution in [0.25, 0.3) is 0 Å². The van der Waals surface area contributed by atoms with Gasteiger partial charge >= 0.3 is 18.1 Å². The topological polar surface area (TPSA) is 65.1 Å². The number of methoxy groups -OCH3 is 2. The van der Waals surface area contributed by atoms with Crippen LogP contribution in [0.15, 0.2) is 23.4 Å². The summed E-state index contributed by atoms with van der Waals surface area (Å²) in [5.41, 5.74) is -2.14. The van der Waals surface area contributed by atoms with Gasteiger partial charge in [0.05, 0.1) is 37.7 Å². The Morgan fingerprint density at radius 3 is 2.35 bits per heavy atom. The van der Waals surface area contributed by atoms with Crippen molar-refractivity contribution < 1.29 is 41.4 Å². The van der Waals surface area contributed by atoms with Gasteiger partial charge in [0.15, 0.2) is 0 Å². The maximum absolute atomic E-state index is 13.8. The van der Waals surface area contributed by atoms with E-state index in [2.05, 4.69) is 9.47 Å². The molecule has 2 rings (SSSR count). The van der Waals surface area contributed by atoms with Crippen LogP contribution in [0.3, 0.4) is 0 Å². The zero-order valence-electron chi connectivity index (χ0n) is 13.4. The van der Waals surface area contributed by atoms with Crippen LogP contribution in [-0.2, 0) is 30.0 Å². The molecule has 1 aromatic rings. The van der Waals surface area contributed by atoms with E-state index in [1.54, 1.807) is 0 Å². The van der Waals surface area contributed by atoms with Gasteiger partial charge in [-0.1, -0.05) is 0 Å². The number of hydrogen-bond donors (Lipinski definition) is 0. The highest BCUT2D eigenvalue weighted by atomic mass is 127. The van der Waals surface area contributed by atoms with Crippen molar-refractivity contribution >= 4 is 40.2 Å². The van der Waals surface area contributed by atoms with Crippen LogP contribution in [0.2, 0.25) is 0 Å². The van der Waals surface area contributed by atoms with Crippen LogP contribution in [0, 0.1) is 9.39 Å². The summed E-state index contributed by atoms with van der Waals surface area (Å²) in [6.07, 6.45) is -4.82. The summed E-state index contributed by atoms with van der Waals surface area (Å²) in [7, 11) is 2.10. The molecular weight excluding hydrogens is 477 g/mol. The van der Waals surface area contributed by atoms with Crippen LogP contribution in [0.4, 0.5) is 23.2 Å². The van der Waals surface area contributed by atoms with Crippen molar-refractivity contribution in [2.45, 2.75) is 6.18 Å². The summed E-state index contributed by atoms with van der Waals surface area (Å²) < 4.78 is 67.3. The van der Waals surface area contributed by atoms with E-state index in [-0.39, 0.29) is 33.9 Å². The van der Waals surface area contributed by atoms with E-state index >= 15 is 0 Å². The molecule has 0 saturated heterocycles. The lowest BCUT2D eigenvalue weighted by Crippen LogP contribution is -2.39. The minimum atomic E-state index is -4.82. The molecule has 0 aromatic heterocycles. The number of carbonyl (C=O) groups excluding carboxylic acids is 2. The molecule has 0 N–H and O–H groups in total. The van der Waals surface area contributed by atoms with E-state index in [1.807, 2.05) is 0 Å². The molecule has 11 heteroatoms. The van der Waals surface area contributed by atoms with E-state index < -0.39 is 29.5 Å². The van der Waals surface area contributed by atoms with Crippen LogP contribution >= 0.6 is 22.6 Å². The minimum absolute atomic E-state index is 0.251. The van der Waals surface area contributed by atoms with Crippen LogP contribution in [0.1, 0.15) is 5.56 Å². The first-order valence-corrected chi connectivity index (χ1v) is 8.01. The monoisotopic (exact) mass is 489 g/mol. The molecule has 0 atom stereocenters. The highest BCUT2D eigenvalue weighted by molar-refractivity contribution is 14.1. The fourth-order valence-electron chi connectivity index (χ4n) is 2.31. The van der Waals surface area contributed by atoms with Gasteiger partial charge in [-0.2, -0.15) is 13.2 Å². The third-order valence-electron chi connectivity index (χ3n) is 3.45. The predicted molar refractivity (Wildman–Crippen MR) is 88.5 cm³/mol. The Kier molecular flexibility index (Phi) is 6.11. The van der Waals surface area contributed by atoms with Gasteiger partial charge in [-0.05, 0) is 34.7 Å². The first-order chi connectivity index (χ1) is 12.1. The average molecular weight is 489 g/mol. The number of alkyl halides is 3. The van der Waals surface area contributed by atoms with E-state index in [4.69, 9.17) is 4.74 Å². The predicted octanol–water partition coefficient (Wildman–Crippen LogP) is 2.84. The zero-order chi connectivity index (χ0) is 19.6. The van der Waals surface area contributed by atoms with Gasteiger partial charge in [0, 0.05) is 3.57 Å². The number of hydrogen-bond acceptors (Lipinski definition) is 6. The Labute approximate surface area is 158 Å².